The molecule has 0 saturated carbocycles. The van der Waals surface area contributed by atoms with Gasteiger partial charge >= 0.3 is 0 Å². The van der Waals surface area contributed by atoms with Crippen molar-refractivity contribution in [3.05, 3.63) is 29.8 Å². The summed E-state index contributed by atoms with van der Waals surface area (Å²) in [6, 6.07) is 8.09. The predicted octanol–water partition coefficient (Wildman–Crippen LogP) is 1.94. The smallest absolute Gasteiger partial charge is 0.119 e. The number of aliphatic hydroxyl groups excluding tert-OH is 1. The number of aliphatic hydroxyl groups is 1. The molecule has 0 aromatic heterocycles. The Hall–Kier alpha value is -1.06. The van der Waals surface area contributed by atoms with E-state index in [0.29, 0.717) is 6.61 Å². The molecule has 0 amide bonds. The highest BCUT2D eigenvalue weighted by Crippen LogP contribution is 2.13. The number of benzene rings is 1. The fourth-order valence-electron chi connectivity index (χ4n) is 1.36. The van der Waals surface area contributed by atoms with Gasteiger partial charge in [-0.05, 0) is 38.5 Å². The fourth-order valence-corrected chi connectivity index (χ4v) is 1.36. The lowest BCUT2D eigenvalue weighted by atomic mass is 10.1. The zero-order valence-electron chi connectivity index (χ0n) is 10.2. The summed E-state index contributed by atoms with van der Waals surface area (Å²) in [5, 5.41) is 12.6. The van der Waals surface area contributed by atoms with E-state index in [4.69, 9.17) is 4.74 Å². The van der Waals surface area contributed by atoms with Crippen LogP contribution < -0.4 is 10.1 Å². The van der Waals surface area contributed by atoms with E-state index in [0.717, 1.165) is 12.3 Å². The number of hydrogen-bond acceptors (Lipinski definition) is 3. The van der Waals surface area contributed by atoms with E-state index in [9.17, 15) is 5.11 Å². The standard InChI is InChI=1S/C13H21NO2/c1-4-16-13-7-5-6-12(8-13)9-14-10(2)11(3)15/h5-8,10-11,14-15H,4,9H2,1-3H3. The van der Waals surface area contributed by atoms with Crippen LogP contribution in [0, 0.1) is 0 Å². The van der Waals surface area contributed by atoms with Crippen molar-refractivity contribution in [2.75, 3.05) is 6.61 Å². The Morgan fingerprint density at radius 1 is 1.38 bits per heavy atom. The van der Waals surface area contributed by atoms with Crippen LogP contribution >= 0.6 is 0 Å². The first kappa shape index (κ1) is 13.0. The molecule has 3 nitrogen and oxygen atoms in total. The van der Waals surface area contributed by atoms with Crippen LogP contribution in [0.25, 0.3) is 0 Å². The van der Waals surface area contributed by atoms with Gasteiger partial charge in [0.25, 0.3) is 0 Å². The van der Waals surface area contributed by atoms with Gasteiger partial charge in [-0.15, -0.1) is 0 Å². The average molecular weight is 223 g/mol. The van der Waals surface area contributed by atoms with Crippen molar-refractivity contribution in [3.8, 4) is 5.75 Å². The van der Waals surface area contributed by atoms with E-state index in [1.54, 1.807) is 6.92 Å². The molecule has 90 valence electrons. The average Bonchev–Trinajstić information content (AvgIpc) is 2.26. The van der Waals surface area contributed by atoms with Crippen LogP contribution in [0.2, 0.25) is 0 Å². The fraction of sp³-hybridized carbons (Fsp3) is 0.538. The molecule has 0 aliphatic heterocycles. The quantitative estimate of drug-likeness (QED) is 0.774. The molecular weight excluding hydrogens is 202 g/mol. The Bertz CT molecular complexity index is 313. The summed E-state index contributed by atoms with van der Waals surface area (Å²) >= 11 is 0. The molecule has 2 atom stereocenters. The van der Waals surface area contributed by atoms with Crippen molar-refractivity contribution in [2.45, 2.75) is 39.5 Å². The predicted molar refractivity (Wildman–Crippen MR) is 65.6 cm³/mol. The monoisotopic (exact) mass is 223 g/mol. The third kappa shape index (κ3) is 4.21. The Kier molecular flexibility index (Phi) is 5.29. The molecule has 2 N–H and O–H groups in total. The lowest BCUT2D eigenvalue weighted by molar-refractivity contribution is 0.152. The van der Waals surface area contributed by atoms with E-state index in [1.807, 2.05) is 38.1 Å². The lowest BCUT2D eigenvalue weighted by Gasteiger charge is -2.16. The minimum atomic E-state index is -0.338. The maximum Gasteiger partial charge on any atom is 0.119 e. The molecule has 16 heavy (non-hydrogen) atoms. The van der Waals surface area contributed by atoms with Crippen LogP contribution in [0.4, 0.5) is 0 Å². The molecule has 0 spiro atoms. The summed E-state index contributed by atoms with van der Waals surface area (Å²) in [7, 11) is 0. The molecule has 1 aromatic rings. The maximum atomic E-state index is 9.35. The van der Waals surface area contributed by atoms with Crippen LogP contribution in [0.5, 0.6) is 5.75 Å². The maximum absolute atomic E-state index is 9.35. The van der Waals surface area contributed by atoms with Crippen molar-refractivity contribution < 1.29 is 9.84 Å². The van der Waals surface area contributed by atoms with Gasteiger partial charge in [-0.3, -0.25) is 0 Å². The summed E-state index contributed by atoms with van der Waals surface area (Å²) in [5.74, 6) is 0.895. The molecule has 1 rings (SSSR count). The van der Waals surface area contributed by atoms with Crippen LogP contribution in [-0.2, 0) is 6.54 Å². The molecule has 0 radical (unpaired) electrons. The second-order valence-corrected chi connectivity index (χ2v) is 3.99. The molecule has 0 saturated heterocycles. The number of rotatable bonds is 6. The molecule has 0 heterocycles. The Morgan fingerprint density at radius 2 is 2.12 bits per heavy atom. The van der Waals surface area contributed by atoms with Crippen molar-refractivity contribution >= 4 is 0 Å². The Morgan fingerprint density at radius 3 is 2.75 bits per heavy atom. The normalized spacial score (nSPS) is 14.5. The summed E-state index contributed by atoms with van der Waals surface area (Å²) in [6.45, 7) is 7.15. The SMILES string of the molecule is CCOc1cccc(CNC(C)C(C)O)c1. The van der Waals surface area contributed by atoms with Crippen molar-refractivity contribution in [1.29, 1.82) is 0 Å². The number of nitrogens with one attached hydrogen (secondary N) is 1. The topological polar surface area (TPSA) is 41.5 Å². The number of ether oxygens (including phenoxy) is 1. The van der Waals surface area contributed by atoms with Crippen LogP contribution in [0.3, 0.4) is 0 Å². The summed E-state index contributed by atoms with van der Waals surface area (Å²) in [6.07, 6.45) is -0.338. The van der Waals surface area contributed by atoms with Gasteiger partial charge in [0.1, 0.15) is 5.75 Å². The molecule has 3 heteroatoms. The van der Waals surface area contributed by atoms with Gasteiger partial charge < -0.3 is 15.2 Å². The molecule has 0 aliphatic carbocycles. The third-order valence-electron chi connectivity index (χ3n) is 2.56. The zero-order chi connectivity index (χ0) is 12.0. The first-order valence-corrected chi connectivity index (χ1v) is 5.76. The third-order valence-corrected chi connectivity index (χ3v) is 2.56. The largest absolute Gasteiger partial charge is 0.494 e. The van der Waals surface area contributed by atoms with Gasteiger partial charge in [-0.25, -0.2) is 0 Å². The molecule has 0 bridgehead atoms. The van der Waals surface area contributed by atoms with Gasteiger partial charge in [0, 0.05) is 12.6 Å². The van der Waals surface area contributed by atoms with Crippen LogP contribution in [-0.4, -0.2) is 23.9 Å². The highest BCUT2D eigenvalue weighted by Gasteiger charge is 2.07. The highest BCUT2D eigenvalue weighted by molar-refractivity contribution is 5.28. The summed E-state index contributed by atoms with van der Waals surface area (Å²) in [5.41, 5.74) is 1.17. The molecular formula is C13H21NO2. The molecule has 0 aliphatic rings. The first-order chi connectivity index (χ1) is 7.63. The van der Waals surface area contributed by atoms with Gasteiger partial charge in [0.2, 0.25) is 0 Å². The van der Waals surface area contributed by atoms with Gasteiger partial charge in [-0.1, -0.05) is 12.1 Å². The lowest BCUT2D eigenvalue weighted by Crippen LogP contribution is -2.34. The van der Waals surface area contributed by atoms with Gasteiger partial charge in [0.05, 0.1) is 12.7 Å². The van der Waals surface area contributed by atoms with Crippen molar-refractivity contribution in [3.63, 3.8) is 0 Å². The van der Waals surface area contributed by atoms with E-state index in [2.05, 4.69) is 5.32 Å². The summed E-state index contributed by atoms with van der Waals surface area (Å²) < 4.78 is 5.42. The van der Waals surface area contributed by atoms with Gasteiger partial charge in [-0.2, -0.15) is 0 Å². The molecule has 1 aromatic carbocycles. The minimum absolute atomic E-state index is 0.0933. The number of hydrogen-bond donors (Lipinski definition) is 2. The first-order valence-electron chi connectivity index (χ1n) is 5.76. The van der Waals surface area contributed by atoms with E-state index >= 15 is 0 Å². The second-order valence-electron chi connectivity index (χ2n) is 3.99. The minimum Gasteiger partial charge on any atom is -0.494 e. The highest BCUT2D eigenvalue weighted by atomic mass is 16.5. The van der Waals surface area contributed by atoms with Crippen molar-refractivity contribution in [2.24, 2.45) is 0 Å². The zero-order valence-corrected chi connectivity index (χ0v) is 10.2. The van der Waals surface area contributed by atoms with Crippen LogP contribution in [0.15, 0.2) is 24.3 Å². The van der Waals surface area contributed by atoms with E-state index in [-0.39, 0.29) is 12.1 Å². The second kappa shape index (κ2) is 6.51. The molecule has 2 unspecified atom stereocenters. The Labute approximate surface area is 97.4 Å². The van der Waals surface area contributed by atoms with E-state index < -0.39 is 0 Å². The van der Waals surface area contributed by atoms with Gasteiger partial charge in [0.15, 0.2) is 0 Å². The molecule has 0 fully saturated rings. The van der Waals surface area contributed by atoms with E-state index in [1.165, 1.54) is 5.56 Å². The summed E-state index contributed by atoms with van der Waals surface area (Å²) in [4.78, 5) is 0. The Balaban J connectivity index is 2.50. The van der Waals surface area contributed by atoms with Crippen molar-refractivity contribution in [1.82, 2.24) is 5.32 Å². The van der Waals surface area contributed by atoms with Crippen LogP contribution in [0.1, 0.15) is 26.3 Å².